The number of rotatable bonds is 10. The van der Waals surface area contributed by atoms with E-state index in [0.29, 0.717) is 35.7 Å². The Morgan fingerprint density at radius 3 is 2.59 bits per heavy atom. The van der Waals surface area contributed by atoms with Crippen LogP contribution in [0.25, 0.3) is 0 Å². The summed E-state index contributed by atoms with van der Waals surface area (Å²) in [5, 5.41) is 2.99. The van der Waals surface area contributed by atoms with Crippen LogP contribution in [0.5, 0.6) is 11.6 Å². The summed E-state index contributed by atoms with van der Waals surface area (Å²) in [6.07, 6.45) is 10.3. The molecule has 1 amide bonds. The van der Waals surface area contributed by atoms with Crippen LogP contribution in [0.3, 0.4) is 0 Å². The minimum absolute atomic E-state index is 0.0945. The van der Waals surface area contributed by atoms with Gasteiger partial charge in [-0.25, -0.2) is 0 Å². The van der Waals surface area contributed by atoms with Crippen molar-refractivity contribution in [3.8, 4) is 11.6 Å². The number of aromatic amines is 2. The molecule has 1 aromatic carbocycles. The molecule has 0 saturated carbocycles. The number of H-pyrrole nitrogens is 2. The smallest absolute Gasteiger partial charge is 0.259 e. The summed E-state index contributed by atoms with van der Waals surface area (Å²) in [6, 6.07) is 5.30. The van der Waals surface area contributed by atoms with E-state index in [2.05, 4.69) is 22.2 Å². The van der Waals surface area contributed by atoms with E-state index in [1.54, 1.807) is 18.2 Å². The lowest BCUT2D eigenvalue weighted by Crippen LogP contribution is -2.25. The van der Waals surface area contributed by atoms with Gasteiger partial charge in [0, 0.05) is 24.1 Å². The average Bonchev–Trinajstić information content (AvgIpc) is 2.70. The summed E-state index contributed by atoms with van der Waals surface area (Å²) in [5.74, 6) is 0.912. The Bertz CT molecular complexity index is 965. The van der Waals surface area contributed by atoms with Gasteiger partial charge in [-0.2, -0.15) is 0 Å². The Kier molecular flexibility index (Phi) is 7.63. The monoisotopic (exact) mass is 415 g/mol. The molecule has 7 heteroatoms. The number of fused-ring (bicyclic) bond motifs is 2. The van der Waals surface area contributed by atoms with Gasteiger partial charge in [-0.15, -0.1) is 0 Å². The molecule has 29 heavy (non-hydrogen) atoms. The van der Waals surface area contributed by atoms with Gasteiger partial charge in [0.1, 0.15) is 5.75 Å². The quantitative estimate of drug-likeness (QED) is 0.321. The predicted molar refractivity (Wildman–Crippen MR) is 117 cm³/mol. The van der Waals surface area contributed by atoms with E-state index in [4.69, 9.17) is 17.0 Å². The van der Waals surface area contributed by atoms with Crippen LogP contribution >= 0.6 is 12.2 Å². The molecule has 2 heterocycles. The molecule has 1 aromatic heterocycles. The zero-order chi connectivity index (χ0) is 20.6. The number of nitrogens with one attached hydrogen (secondary N) is 3. The molecule has 1 aliphatic rings. The molecule has 0 spiro atoms. The molecule has 0 aliphatic carbocycles. The third-order valence-corrected chi connectivity index (χ3v) is 5.42. The second-order valence-electron chi connectivity index (χ2n) is 7.55. The van der Waals surface area contributed by atoms with Crippen LogP contribution in [0.2, 0.25) is 0 Å². The Morgan fingerprint density at radius 2 is 1.83 bits per heavy atom. The molecule has 2 aromatic rings. The van der Waals surface area contributed by atoms with Crippen molar-refractivity contribution in [2.45, 2.75) is 64.7 Å². The molecule has 0 unspecified atom stereocenters. The van der Waals surface area contributed by atoms with Crippen molar-refractivity contribution in [1.29, 1.82) is 0 Å². The van der Waals surface area contributed by atoms with Gasteiger partial charge in [0.15, 0.2) is 4.77 Å². The van der Waals surface area contributed by atoms with Crippen molar-refractivity contribution in [2.75, 3.05) is 6.54 Å². The lowest BCUT2D eigenvalue weighted by atomic mass is 10.0. The van der Waals surface area contributed by atoms with Gasteiger partial charge < -0.3 is 15.0 Å². The lowest BCUT2D eigenvalue weighted by Gasteiger charge is -2.19. The minimum Gasteiger partial charge on any atom is -0.440 e. The number of unbranched alkanes of at least 4 members (excludes halogenated alkanes) is 7. The number of carbonyl (C=O) groups excluding carboxylic acids is 1. The van der Waals surface area contributed by atoms with Crippen LogP contribution < -0.4 is 15.6 Å². The SMILES string of the molecule is CCCCCCCCCCNC(=O)c1ccc2c(c1)Cc1c([nH]c(=S)[nH]c1=O)O2. The number of hydrogen-bond acceptors (Lipinski definition) is 4. The van der Waals surface area contributed by atoms with Gasteiger partial charge in [0.2, 0.25) is 5.88 Å². The predicted octanol–water partition coefficient (Wildman–Crippen LogP) is 5.00. The van der Waals surface area contributed by atoms with E-state index in [-0.39, 0.29) is 16.2 Å². The van der Waals surface area contributed by atoms with Crippen LogP contribution in [-0.2, 0) is 6.42 Å². The van der Waals surface area contributed by atoms with Gasteiger partial charge in [-0.05, 0) is 36.8 Å². The molecule has 0 atom stereocenters. The molecule has 156 valence electrons. The number of carbonyl (C=O) groups is 1. The van der Waals surface area contributed by atoms with Crippen molar-refractivity contribution in [3.63, 3.8) is 0 Å². The first-order valence-electron chi connectivity index (χ1n) is 10.5. The maximum Gasteiger partial charge on any atom is 0.259 e. The Hall–Kier alpha value is -2.41. The van der Waals surface area contributed by atoms with Crippen LogP contribution in [-0.4, -0.2) is 22.4 Å². The fourth-order valence-corrected chi connectivity index (χ4v) is 3.75. The molecule has 0 fully saturated rings. The van der Waals surface area contributed by atoms with Gasteiger partial charge in [-0.1, -0.05) is 51.9 Å². The fourth-order valence-electron chi connectivity index (χ4n) is 3.56. The molecule has 3 rings (SSSR count). The maximum atomic E-state index is 12.5. The molecule has 0 saturated heterocycles. The minimum atomic E-state index is -0.265. The molecular formula is C22H29N3O3S. The van der Waals surface area contributed by atoms with Gasteiger partial charge in [0.25, 0.3) is 11.5 Å². The van der Waals surface area contributed by atoms with Gasteiger partial charge in [-0.3, -0.25) is 14.6 Å². The topological polar surface area (TPSA) is 87.0 Å². The van der Waals surface area contributed by atoms with E-state index in [0.717, 1.165) is 18.4 Å². The molecule has 3 N–H and O–H groups in total. The van der Waals surface area contributed by atoms with E-state index in [9.17, 15) is 9.59 Å². The van der Waals surface area contributed by atoms with Gasteiger partial charge >= 0.3 is 0 Å². The molecule has 0 bridgehead atoms. The van der Waals surface area contributed by atoms with Crippen molar-refractivity contribution in [1.82, 2.24) is 15.3 Å². The lowest BCUT2D eigenvalue weighted by molar-refractivity contribution is 0.0953. The number of hydrogen-bond donors (Lipinski definition) is 3. The second-order valence-corrected chi connectivity index (χ2v) is 7.96. The van der Waals surface area contributed by atoms with Crippen LogP contribution in [0.15, 0.2) is 23.0 Å². The fraction of sp³-hybridized carbons (Fsp3) is 0.500. The molecule has 1 aliphatic heterocycles. The Morgan fingerprint density at radius 1 is 1.10 bits per heavy atom. The third-order valence-electron chi connectivity index (χ3n) is 5.22. The maximum absolute atomic E-state index is 12.5. The highest BCUT2D eigenvalue weighted by Crippen LogP contribution is 2.33. The average molecular weight is 416 g/mol. The zero-order valence-electron chi connectivity index (χ0n) is 16.9. The number of benzene rings is 1. The Balaban J connectivity index is 1.48. The summed E-state index contributed by atoms with van der Waals surface area (Å²) in [6.45, 7) is 2.91. The van der Waals surface area contributed by atoms with Crippen molar-refractivity contribution in [3.05, 3.63) is 50.0 Å². The van der Waals surface area contributed by atoms with Crippen LogP contribution in [0, 0.1) is 4.77 Å². The van der Waals surface area contributed by atoms with Gasteiger partial charge in [0.05, 0.1) is 5.56 Å². The summed E-state index contributed by atoms with van der Waals surface area (Å²) in [7, 11) is 0. The highest BCUT2D eigenvalue weighted by Gasteiger charge is 2.21. The molecule has 6 nitrogen and oxygen atoms in total. The third kappa shape index (κ3) is 5.79. The van der Waals surface area contributed by atoms with E-state index < -0.39 is 0 Å². The largest absolute Gasteiger partial charge is 0.440 e. The summed E-state index contributed by atoms with van der Waals surface area (Å²) < 4.78 is 5.99. The zero-order valence-corrected chi connectivity index (χ0v) is 17.8. The van der Waals surface area contributed by atoms with Crippen molar-refractivity contribution in [2.24, 2.45) is 0 Å². The highest BCUT2D eigenvalue weighted by atomic mass is 32.1. The van der Waals surface area contributed by atoms with E-state index in [1.165, 1.54) is 38.5 Å². The number of amides is 1. The standard InChI is InChI=1S/C22H29N3O3S/c1-2-3-4-5-6-7-8-9-12-23-19(26)15-10-11-18-16(13-15)14-17-20(27)24-22(29)25-21(17)28-18/h10-11,13H,2-9,12,14H2,1H3,(H,23,26)(H2,24,25,27,29). The highest BCUT2D eigenvalue weighted by molar-refractivity contribution is 7.71. The van der Waals surface area contributed by atoms with Crippen LogP contribution in [0.1, 0.15) is 79.8 Å². The van der Waals surface area contributed by atoms with Crippen molar-refractivity contribution >= 4 is 18.1 Å². The second kappa shape index (κ2) is 10.4. The normalized spacial score (nSPS) is 12.0. The summed E-state index contributed by atoms with van der Waals surface area (Å²) in [4.78, 5) is 30.0. The van der Waals surface area contributed by atoms with E-state index >= 15 is 0 Å². The first-order chi connectivity index (χ1) is 14.1. The number of ether oxygens (including phenoxy) is 1. The number of aromatic nitrogens is 2. The first kappa shape index (κ1) is 21.3. The molecular weight excluding hydrogens is 386 g/mol. The molecule has 0 radical (unpaired) electrons. The van der Waals surface area contributed by atoms with Crippen LogP contribution in [0.4, 0.5) is 0 Å². The first-order valence-corrected chi connectivity index (χ1v) is 10.9. The Labute approximate surface area is 176 Å². The summed E-state index contributed by atoms with van der Waals surface area (Å²) in [5.41, 5.74) is 1.62. The summed E-state index contributed by atoms with van der Waals surface area (Å²) >= 11 is 4.99. The van der Waals surface area contributed by atoms with E-state index in [1.807, 2.05) is 0 Å². The van der Waals surface area contributed by atoms with Crippen molar-refractivity contribution < 1.29 is 9.53 Å².